The molecule has 0 saturated carbocycles. The fraction of sp³-hybridized carbons (Fsp3) is 0.364. The Labute approximate surface area is 96.2 Å². The topological polar surface area (TPSA) is 31.2 Å². The van der Waals surface area contributed by atoms with E-state index in [1.165, 1.54) is 0 Å². The van der Waals surface area contributed by atoms with Gasteiger partial charge >= 0.3 is 12.1 Å². The molecule has 0 N–H and O–H groups in total. The van der Waals surface area contributed by atoms with E-state index in [0.29, 0.717) is 0 Å². The lowest BCUT2D eigenvalue weighted by molar-refractivity contribution is -0.143. The maximum Gasteiger partial charge on any atom is 0.431 e. The summed E-state index contributed by atoms with van der Waals surface area (Å²) in [5.41, 5.74) is -1.12. The summed E-state index contributed by atoms with van der Waals surface area (Å²) in [5, 5.41) is 0. The van der Waals surface area contributed by atoms with E-state index in [1.54, 1.807) is 6.92 Å². The SMILES string of the molecule is C#CCn1cc(C(=O)OCC)cc1C(F)(F)F. The number of alkyl halides is 3. The Hall–Kier alpha value is -1.90. The molecule has 0 fully saturated rings. The van der Waals surface area contributed by atoms with Crippen molar-refractivity contribution in [1.29, 1.82) is 0 Å². The first-order valence-corrected chi connectivity index (χ1v) is 4.78. The van der Waals surface area contributed by atoms with Crippen LogP contribution in [0.5, 0.6) is 0 Å². The summed E-state index contributed by atoms with van der Waals surface area (Å²) in [6.45, 7) is 1.41. The molecule has 0 unspecified atom stereocenters. The molecule has 0 aliphatic carbocycles. The molecule has 0 aliphatic heterocycles. The van der Waals surface area contributed by atoms with E-state index in [0.717, 1.165) is 16.8 Å². The van der Waals surface area contributed by atoms with Crippen LogP contribution in [-0.4, -0.2) is 17.1 Å². The number of nitrogens with zero attached hydrogens (tertiary/aromatic N) is 1. The third kappa shape index (κ3) is 3.03. The zero-order valence-electron chi connectivity index (χ0n) is 9.04. The summed E-state index contributed by atoms with van der Waals surface area (Å²) >= 11 is 0. The quantitative estimate of drug-likeness (QED) is 0.604. The number of carbonyl (C=O) groups is 1. The van der Waals surface area contributed by atoms with Gasteiger partial charge in [0.2, 0.25) is 0 Å². The monoisotopic (exact) mass is 245 g/mol. The Morgan fingerprint density at radius 1 is 1.59 bits per heavy atom. The highest BCUT2D eigenvalue weighted by molar-refractivity contribution is 5.89. The van der Waals surface area contributed by atoms with Crippen molar-refractivity contribution in [3.8, 4) is 12.3 Å². The van der Waals surface area contributed by atoms with Crippen molar-refractivity contribution in [2.24, 2.45) is 0 Å². The molecular weight excluding hydrogens is 235 g/mol. The predicted molar refractivity (Wildman–Crippen MR) is 54.2 cm³/mol. The molecule has 6 heteroatoms. The molecule has 0 saturated heterocycles. The van der Waals surface area contributed by atoms with Crippen LogP contribution in [0.3, 0.4) is 0 Å². The summed E-state index contributed by atoms with van der Waals surface area (Å²) in [4.78, 5) is 11.3. The average molecular weight is 245 g/mol. The van der Waals surface area contributed by atoms with Crippen LogP contribution in [0.25, 0.3) is 0 Å². The van der Waals surface area contributed by atoms with E-state index < -0.39 is 17.8 Å². The van der Waals surface area contributed by atoms with Gasteiger partial charge in [0.25, 0.3) is 0 Å². The van der Waals surface area contributed by atoms with Gasteiger partial charge in [-0.2, -0.15) is 13.2 Å². The molecule has 1 aromatic rings. The molecule has 1 aromatic heterocycles. The number of halogens is 3. The van der Waals surface area contributed by atoms with Gasteiger partial charge in [-0.15, -0.1) is 6.42 Å². The zero-order chi connectivity index (χ0) is 13.1. The van der Waals surface area contributed by atoms with Crippen molar-refractivity contribution in [1.82, 2.24) is 4.57 Å². The van der Waals surface area contributed by atoms with Gasteiger partial charge in [0, 0.05) is 6.20 Å². The van der Waals surface area contributed by atoms with Gasteiger partial charge in [0.05, 0.1) is 18.7 Å². The lowest BCUT2D eigenvalue weighted by Crippen LogP contribution is -2.12. The maximum atomic E-state index is 12.6. The smallest absolute Gasteiger partial charge is 0.431 e. The van der Waals surface area contributed by atoms with Crippen LogP contribution in [0.15, 0.2) is 12.3 Å². The number of carbonyl (C=O) groups excluding carboxylic acids is 1. The van der Waals surface area contributed by atoms with Gasteiger partial charge in [-0.1, -0.05) is 5.92 Å². The molecule has 0 amide bonds. The first-order valence-electron chi connectivity index (χ1n) is 4.78. The van der Waals surface area contributed by atoms with E-state index in [2.05, 4.69) is 10.7 Å². The fourth-order valence-corrected chi connectivity index (χ4v) is 1.30. The second-order valence-electron chi connectivity index (χ2n) is 3.16. The summed E-state index contributed by atoms with van der Waals surface area (Å²) in [6, 6.07) is 0.731. The number of terminal acetylenes is 1. The van der Waals surface area contributed by atoms with Crippen LogP contribution in [0.4, 0.5) is 13.2 Å². The molecule has 0 radical (unpaired) electrons. The van der Waals surface area contributed by atoms with Gasteiger partial charge in [-0.05, 0) is 13.0 Å². The molecule has 92 valence electrons. The van der Waals surface area contributed by atoms with Crippen LogP contribution in [0.2, 0.25) is 0 Å². The lowest BCUT2D eigenvalue weighted by atomic mass is 10.3. The van der Waals surface area contributed by atoms with E-state index in [-0.39, 0.29) is 18.7 Å². The standard InChI is InChI=1S/C11H10F3NO2/c1-3-5-15-7-8(10(16)17-4-2)6-9(15)11(12,13)14/h1,6-7H,4-5H2,2H3. The molecule has 0 atom stereocenters. The lowest BCUT2D eigenvalue weighted by Gasteiger charge is -2.08. The normalized spacial score (nSPS) is 11.0. The summed E-state index contributed by atoms with van der Waals surface area (Å²) in [7, 11) is 0. The fourth-order valence-electron chi connectivity index (χ4n) is 1.30. The molecule has 0 aliphatic rings. The predicted octanol–water partition coefficient (Wildman–Crippen LogP) is 2.32. The highest BCUT2D eigenvalue weighted by atomic mass is 19.4. The number of hydrogen-bond donors (Lipinski definition) is 0. The van der Waals surface area contributed by atoms with E-state index >= 15 is 0 Å². The Morgan fingerprint density at radius 3 is 2.71 bits per heavy atom. The third-order valence-electron chi connectivity index (χ3n) is 1.96. The minimum Gasteiger partial charge on any atom is -0.462 e. The van der Waals surface area contributed by atoms with E-state index in [1.807, 2.05) is 0 Å². The molecule has 0 aromatic carbocycles. The van der Waals surface area contributed by atoms with Gasteiger partial charge < -0.3 is 9.30 Å². The highest BCUT2D eigenvalue weighted by Crippen LogP contribution is 2.31. The maximum absolute atomic E-state index is 12.6. The Balaban J connectivity index is 3.13. The van der Waals surface area contributed by atoms with E-state index in [9.17, 15) is 18.0 Å². The molecule has 1 heterocycles. The second-order valence-corrected chi connectivity index (χ2v) is 3.16. The number of rotatable bonds is 3. The van der Waals surface area contributed by atoms with Crippen molar-refractivity contribution < 1.29 is 22.7 Å². The van der Waals surface area contributed by atoms with Crippen molar-refractivity contribution in [3.63, 3.8) is 0 Å². The van der Waals surface area contributed by atoms with Crippen molar-refractivity contribution in [3.05, 3.63) is 23.5 Å². The van der Waals surface area contributed by atoms with Crippen LogP contribution in [-0.2, 0) is 17.5 Å². The molecule has 17 heavy (non-hydrogen) atoms. The number of esters is 1. The van der Waals surface area contributed by atoms with Crippen LogP contribution in [0, 0.1) is 12.3 Å². The third-order valence-corrected chi connectivity index (χ3v) is 1.96. The van der Waals surface area contributed by atoms with Crippen molar-refractivity contribution in [2.75, 3.05) is 6.61 Å². The molecule has 3 nitrogen and oxygen atoms in total. The number of hydrogen-bond acceptors (Lipinski definition) is 2. The largest absolute Gasteiger partial charge is 0.462 e. The zero-order valence-corrected chi connectivity index (χ0v) is 9.04. The average Bonchev–Trinajstić information content (AvgIpc) is 2.62. The van der Waals surface area contributed by atoms with Crippen molar-refractivity contribution in [2.45, 2.75) is 19.6 Å². The van der Waals surface area contributed by atoms with Crippen LogP contribution >= 0.6 is 0 Å². The van der Waals surface area contributed by atoms with Crippen LogP contribution < -0.4 is 0 Å². The van der Waals surface area contributed by atoms with Crippen LogP contribution in [0.1, 0.15) is 23.0 Å². The Morgan fingerprint density at radius 2 is 2.24 bits per heavy atom. The first kappa shape index (κ1) is 13.2. The Bertz CT molecular complexity index is 454. The summed E-state index contributed by atoms with van der Waals surface area (Å²) < 4.78 is 43.2. The molecular formula is C11H10F3NO2. The van der Waals surface area contributed by atoms with Crippen molar-refractivity contribution >= 4 is 5.97 Å². The van der Waals surface area contributed by atoms with Gasteiger partial charge in [0.1, 0.15) is 5.69 Å². The number of aromatic nitrogens is 1. The minimum absolute atomic E-state index is 0.0977. The molecule has 0 spiro atoms. The molecule has 1 rings (SSSR count). The first-order chi connectivity index (χ1) is 7.90. The summed E-state index contributed by atoms with van der Waals surface area (Å²) in [5.74, 6) is 1.29. The minimum atomic E-state index is -4.55. The second kappa shape index (κ2) is 4.95. The number of ether oxygens (including phenoxy) is 1. The molecule has 0 bridgehead atoms. The summed E-state index contributed by atoms with van der Waals surface area (Å²) in [6.07, 6.45) is 1.45. The highest BCUT2D eigenvalue weighted by Gasteiger charge is 2.35. The van der Waals surface area contributed by atoms with Gasteiger partial charge in [0.15, 0.2) is 0 Å². The van der Waals surface area contributed by atoms with E-state index in [4.69, 9.17) is 6.42 Å². The van der Waals surface area contributed by atoms with Gasteiger partial charge in [-0.25, -0.2) is 4.79 Å². The Kier molecular flexibility index (Phi) is 3.84. The van der Waals surface area contributed by atoms with Gasteiger partial charge in [-0.3, -0.25) is 0 Å².